The van der Waals surface area contributed by atoms with Crippen LogP contribution in [0.2, 0.25) is 5.02 Å². The second kappa shape index (κ2) is 7.65. The van der Waals surface area contributed by atoms with E-state index in [4.69, 9.17) is 11.6 Å². The van der Waals surface area contributed by atoms with Gasteiger partial charge in [-0.1, -0.05) is 23.7 Å². The van der Waals surface area contributed by atoms with Gasteiger partial charge in [-0.2, -0.15) is 0 Å². The standard InChI is InChI=1S/C21H21ClFN3O5/c1-2-25-10-21(6-12(21)9-27)26-8-13(17(28)18(29)16(26)20(25)31)19(30)24-7-11-4-3-5-14(22)15(11)23/h3-5,8,12,27,29H,2,6-7,9-10H2,1H3,(H,24,30). The third-order valence-electron chi connectivity index (χ3n) is 6.13. The maximum absolute atomic E-state index is 14.1. The first-order valence-corrected chi connectivity index (χ1v) is 10.2. The maximum atomic E-state index is 14.1. The Bertz CT molecular complexity index is 1150. The Labute approximate surface area is 181 Å². The zero-order valence-electron chi connectivity index (χ0n) is 16.7. The number of hydrogen-bond acceptors (Lipinski definition) is 5. The molecule has 2 heterocycles. The molecule has 2 aliphatic rings. The molecule has 1 spiro atoms. The summed E-state index contributed by atoms with van der Waals surface area (Å²) in [4.78, 5) is 39.7. The highest BCUT2D eigenvalue weighted by Crippen LogP contribution is 2.53. The molecular weight excluding hydrogens is 429 g/mol. The molecule has 2 atom stereocenters. The summed E-state index contributed by atoms with van der Waals surface area (Å²) in [7, 11) is 0. The van der Waals surface area contributed by atoms with Crippen LogP contribution in [-0.2, 0) is 12.1 Å². The summed E-state index contributed by atoms with van der Waals surface area (Å²) in [6.45, 7) is 2.11. The maximum Gasteiger partial charge on any atom is 0.274 e. The van der Waals surface area contributed by atoms with Crippen molar-refractivity contribution in [1.82, 2.24) is 14.8 Å². The second-order valence-electron chi connectivity index (χ2n) is 7.84. The molecular formula is C21H21ClFN3O5. The van der Waals surface area contributed by atoms with Gasteiger partial charge in [0.25, 0.3) is 11.8 Å². The number of carbonyl (C=O) groups is 2. The summed E-state index contributed by atoms with van der Waals surface area (Å²) >= 11 is 5.74. The molecule has 164 valence electrons. The van der Waals surface area contributed by atoms with E-state index in [1.54, 1.807) is 6.92 Å². The fraction of sp³-hybridized carbons (Fsp3) is 0.381. The molecule has 2 aromatic rings. The zero-order chi connectivity index (χ0) is 22.5. The molecule has 0 bridgehead atoms. The van der Waals surface area contributed by atoms with Crippen molar-refractivity contribution in [2.75, 3.05) is 19.7 Å². The molecule has 1 aliphatic heterocycles. The van der Waals surface area contributed by atoms with Crippen molar-refractivity contribution in [3.8, 4) is 5.75 Å². The smallest absolute Gasteiger partial charge is 0.274 e. The predicted molar refractivity (Wildman–Crippen MR) is 110 cm³/mol. The van der Waals surface area contributed by atoms with E-state index in [0.29, 0.717) is 19.5 Å². The van der Waals surface area contributed by atoms with Crippen molar-refractivity contribution in [3.05, 3.63) is 62.3 Å². The van der Waals surface area contributed by atoms with Crippen molar-refractivity contribution in [1.29, 1.82) is 0 Å². The van der Waals surface area contributed by atoms with Gasteiger partial charge in [-0.05, 0) is 19.4 Å². The minimum absolute atomic E-state index is 0.0945. The average molecular weight is 450 g/mol. The lowest BCUT2D eigenvalue weighted by atomic mass is 10.0. The molecule has 1 saturated carbocycles. The first-order valence-electron chi connectivity index (χ1n) is 9.85. The molecule has 31 heavy (non-hydrogen) atoms. The van der Waals surface area contributed by atoms with Crippen molar-refractivity contribution < 1.29 is 24.2 Å². The van der Waals surface area contributed by atoms with E-state index in [2.05, 4.69) is 5.32 Å². The Morgan fingerprint density at radius 2 is 2.13 bits per heavy atom. The van der Waals surface area contributed by atoms with Crippen LogP contribution in [0.4, 0.5) is 4.39 Å². The molecule has 2 amide bonds. The van der Waals surface area contributed by atoms with Crippen LogP contribution >= 0.6 is 11.6 Å². The highest BCUT2D eigenvalue weighted by Gasteiger charge is 2.60. The van der Waals surface area contributed by atoms with E-state index >= 15 is 0 Å². The molecule has 2 unspecified atom stereocenters. The summed E-state index contributed by atoms with van der Waals surface area (Å²) in [5, 5.41) is 22.6. The number of aliphatic hydroxyl groups is 1. The summed E-state index contributed by atoms with van der Waals surface area (Å²) < 4.78 is 15.5. The van der Waals surface area contributed by atoms with Crippen LogP contribution < -0.4 is 10.7 Å². The van der Waals surface area contributed by atoms with E-state index in [9.17, 15) is 29.0 Å². The normalized spacial score (nSPS) is 21.9. The van der Waals surface area contributed by atoms with Crippen molar-refractivity contribution in [2.24, 2.45) is 5.92 Å². The van der Waals surface area contributed by atoms with E-state index in [1.807, 2.05) is 0 Å². The number of aliphatic hydroxyl groups excluding tert-OH is 1. The van der Waals surface area contributed by atoms with Crippen molar-refractivity contribution in [2.45, 2.75) is 25.4 Å². The van der Waals surface area contributed by atoms with Crippen LogP contribution in [0.1, 0.15) is 39.8 Å². The van der Waals surface area contributed by atoms with Gasteiger partial charge >= 0.3 is 0 Å². The molecule has 4 rings (SSSR count). The minimum Gasteiger partial charge on any atom is -0.503 e. The summed E-state index contributed by atoms with van der Waals surface area (Å²) in [6.07, 6.45) is 1.79. The van der Waals surface area contributed by atoms with Crippen LogP contribution in [-0.4, -0.2) is 51.2 Å². The summed E-state index contributed by atoms with van der Waals surface area (Å²) in [5.41, 5.74) is -2.10. The zero-order valence-corrected chi connectivity index (χ0v) is 17.4. The minimum atomic E-state index is -0.988. The van der Waals surface area contributed by atoms with Gasteiger partial charge in [0.2, 0.25) is 5.43 Å². The van der Waals surface area contributed by atoms with Crippen molar-refractivity contribution in [3.63, 3.8) is 0 Å². The lowest BCUT2D eigenvalue weighted by molar-refractivity contribution is 0.0630. The van der Waals surface area contributed by atoms with E-state index in [0.717, 1.165) is 0 Å². The monoisotopic (exact) mass is 449 g/mol. The molecule has 0 radical (unpaired) electrons. The number of halogens is 2. The fourth-order valence-corrected chi connectivity index (χ4v) is 4.44. The molecule has 10 heteroatoms. The number of nitrogens with zero attached hydrogens (tertiary/aromatic N) is 2. The first kappa shape index (κ1) is 21.3. The van der Waals surface area contributed by atoms with E-state index < -0.39 is 34.3 Å². The second-order valence-corrected chi connectivity index (χ2v) is 8.25. The van der Waals surface area contributed by atoms with Gasteiger partial charge in [-0.15, -0.1) is 0 Å². The highest BCUT2D eigenvalue weighted by molar-refractivity contribution is 6.30. The van der Waals surface area contributed by atoms with Crippen LogP contribution in [0, 0.1) is 11.7 Å². The largest absolute Gasteiger partial charge is 0.503 e. The van der Waals surface area contributed by atoms with Crippen LogP contribution in [0.3, 0.4) is 0 Å². The molecule has 8 nitrogen and oxygen atoms in total. The molecule has 3 N–H and O–H groups in total. The number of aromatic nitrogens is 1. The van der Waals surface area contributed by atoms with Crippen LogP contribution in [0.25, 0.3) is 0 Å². The number of nitrogens with one attached hydrogen (secondary N) is 1. The topological polar surface area (TPSA) is 112 Å². The van der Waals surface area contributed by atoms with Gasteiger partial charge < -0.3 is 25.0 Å². The molecule has 1 fully saturated rings. The van der Waals surface area contributed by atoms with Gasteiger partial charge in [0, 0.05) is 43.9 Å². The van der Waals surface area contributed by atoms with Gasteiger partial charge in [-0.3, -0.25) is 14.4 Å². The Kier molecular flexibility index (Phi) is 5.26. The number of hydrogen-bond donors (Lipinski definition) is 3. The average Bonchev–Trinajstić information content (AvgIpc) is 3.47. The van der Waals surface area contributed by atoms with Gasteiger partial charge in [0.15, 0.2) is 11.4 Å². The SMILES string of the molecule is CCN1CC2(CC2CO)n2cc(C(=O)NCc3cccc(Cl)c3F)c(=O)c(O)c2C1=O. The number of benzene rings is 1. The van der Waals surface area contributed by atoms with Crippen LogP contribution in [0.5, 0.6) is 5.75 Å². The lowest BCUT2D eigenvalue weighted by Crippen LogP contribution is -2.49. The number of likely N-dealkylation sites (N-methyl/N-ethyl adjacent to an activating group) is 1. The van der Waals surface area contributed by atoms with E-state index in [1.165, 1.54) is 33.9 Å². The first-order chi connectivity index (χ1) is 14.7. The number of aromatic hydroxyl groups is 1. The summed E-state index contributed by atoms with van der Waals surface area (Å²) in [6, 6.07) is 4.35. The molecule has 0 saturated heterocycles. The lowest BCUT2D eigenvalue weighted by Gasteiger charge is -2.37. The third kappa shape index (κ3) is 3.28. The number of carbonyl (C=O) groups excluding carboxylic acids is 2. The van der Waals surface area contributed by atoms with Gasteiger partial charge in [0.1, 0.15) is 11.4 Å². The van der Waals surface area contributed by atoms with Crippen molar-refractivity contribution >= 4 is 23.4 Å². The predicted octanol–water partition coefficient (Wildman–Crippen LogP) is 1.46. The number of fused-ring (bicyclic) bond motifs is 2. The molecule has 1 aromatic heterocycles. The highest BCUT2D eigenvalue weighted by atomic mass is 35.5. The van der Waals surface area contributed by atoms with Crippen LogP contribution in [0.15, 0.2) is 29.2 Å². The number of pyridine rings is 1. The Morgan fingerprint density at radius 3 is 2.77 bits per heavy atom. The van der Waals surface area contributed by atoms with E-state index in [-0.39, 0.29) is 40.9 Å². The Hall–Kier alpha value is -2.91. The Balaban J connectivity index is 1.72. The fourth-order valence-electron chi connectivity index (χ4n) is 4.25. The molecule has 1 aliphatic carbocycles. The van der Waals surface area contributed by atoms with Gasteiger partial charge in [-0.25, -0.2) is 4.39 Å². The number of rotatable bonds is 5. The van der Waals surface area contributed by atoms with Gasteiger partial charge in [0.05, 0.1) is 10.6 Å². The number of amides is 2. The molecule has 1 aromatic carbocycles. The summed E-state index contributed by atoms with van der Waals surface area (Å²) in [5.74, 6) is -3.00. The third-order valence-corrected chi connectivity index (χ3v) is 6.43. The Morgan fingerprint density at radius 1 is 1.39 bits per heavy atom. The quantitative estimate of drug-likeness (QED) is 0.640.